The lowest BCUT2D eigenvalue weighted by Gasteiger charge is -2.15. The fourth-order valence-corrected chi connectivity index (χ4v) is 1.53. The number of likely N-dealkylation sites (N-methyl/N-ethyl adjacent to an activating group) is 1. The highest BCUT2D eigenvalue weighted by Crippen LogP contribution is 2.26. The number of aliphatic hydroxyl groups is 1. The van der Waals surface area contributed by atoms with E-state index >= 15 is 0 Å². The van der Waals surface area contributed by atoms with E-state index in [1.54, 1.807) is 0 Å². The fourth-order valence-electron chi connectivity index (χ4n) is 1.53. The van der Waals surface area contributed by atoms with Crippen molar-refractivity contribution in [2.24, 2.45) is 0 Å². The molecule has 0 aliphatic carbocycles. The van der Waals surface area contributed by atoms with Gasteiger partial charge in [-0.25, -0.2) is 8.78 Å². The topological polar surface area (TPSA) is 41.5 Å². The number of hydrogen-bond donors (Lipinski definition) is 2. The Labute approximate surface area is 108 Å². The second-order valence-corrected chi connectivity index (χ2v) is 3.87. The van der Waals surface area contributed by atoms with Crippen molar-refractivity contribution in [3.63, 3.8) is 0 Å². The van der Waals surface area contributed by atoms with Gasteiger partial charge >= 0.3 is 0 Å². The van der Waals surface area contributed by atoms with Gasteiger partial charge in [-0.3, -0.25) is 0 Å². The second kappa shape index (κ2) is 7.30. The van der Waals surface area contributed by atoms with Crippen LogP contribution in [0.15, 0.2) is 6.07 Å². The summed E-state index contributed by atoms with van der Waals surface area (Å²) < 4.78 is 56.9. The molecule has 0 aliphatic heterocycles. The Hall–Kier alpha value is -1.34. The first-order chi connectivity index (χ1) is 9.01. The van der Waals surface area contributed by atoms with Crippen molar-refractivity contribution in [1.82, 2.24) is 5.32 Å². The van der Waals surface area contributed by atoms with Crippen LogP contribution in [0.5, 0.6) is 5.75 Å². The van der Waals surface area contributed by atoms with Gasteiger partial charge in [-0.2, -0.15) is 8.78 Å². The van der Waals surface area contributed by atoms with Gasteiger partial charge in [-0.15, -0.1) is 0 Å². The Morgan fingerprint density at radius 2 is 1.79 bits per heavy atom. The summed E-state index contributed by atoms with van der Waals surface area (Å²) in [7, 11) is 0. The zero-order valence-electron chi connectivity index (χ0n) is 10.4. The summed E-state index contributed by atoms with van der Waals surface area (Å²) in [4.78, 5) is 0. The number of benzene rings is 1. The molecule has 0 saturated carbocycles. The zero-order chi connectivity index (χ0) is 14.4. The summed E-state index contributed by atoms with van der Waals surface area (Å²) in [6.45, 7) is 2.06. The van der Waals surface area contributed by atoms with Gasteiger partial charge in [0.2, 0.25) is 11.6 Å². The predicted octanol–water partition coefficient (Wildman–Crippen LogP) is 1.98. The maximum absolute atomic E-state index is 13.2. The molecule has 108 valence electrons. The molecule has 2 N–H and O–H groups in total. The van der Waals surface area contributed by atoms with Crippen molar-refractivity contribution < 1.29 is 27.4 Å². The van der Waals surface area contributed by atoms with Crippen molar-refractivity contribution >= 4 is 0 Å². The lowest BCUT2D eigenvalue weighted by molar-refractivity contribution is 0.202. The summed E-state index contributed by atoms with van der Waals surface area (Å²) in [6.07, 6.45) is 0.237. The number of ether oxygens (including phenoxy) is 1. The molecule has 0 aliphatic rings. The van der Waals surface area contributed by atoms with Gasteiger partial charge in [0.15, 0.2) is 17.4 Å². The molecule has 1 aromatic carbocycles. The Balaban J connectivity index is 2.68. The molecule has 19 heavy (non-hydrogen) atoms. The molecule has 7 heteroatoms. The first kappa shape index (κ1) is 15.7. The van der Waals surface area contributed by atoms with Crippen LogP contribution in [0.4, 0.5) is 17.6 Å². The van der Waals surface area contributed by atoms with E-state index in [2.05, 4.69) is 5.32 Å². The average molecular weight is 281 g/mol. The Morgan fingerprint density at radius 3 is 2.26 bits per heavy atom. The molecule has 0 aromatic heterocycles. The van der Waals surface area contributed by atoms with Gasteiger partial charge in [0.25, 0.3) is 0 Å². The minimum atomic E-state index is -1.57. The number of aliphatic hydroxyl groups excluding tert-OH is 1. The van der Waals surface area contributed by atoms with Gasteiger partial charge in [-0.1, -0.05) is 6.92 Å². The number of hydrogen-bond acceptors (Lipinski definition) is 3. The normalized spacial score (nSPS) is 12.5. The van der Waals surface area contributed by atoms with Crippen molar-refractivity contribution in [2.75, 3.05) is 19.8 Å². The average Bonchev–Trinajstić information content (AvgIpc) is 2.39. The third kappa shape index (κ3) is 4.07. The summed E-state index contributed by atoms with van der Waals surface area (Å²) in [6, 6.07) is -0.193. The molecular formula is C12H15F4NO2. The van der Waals surface area contributed by atoms with E-state index in [0.717, 1.165) is 0 Å². The van der Waals surface area contributed by atoms with Gasteiger partial charge in [0.1, 0.15) is 0 Å². The smallest absolute Gasteiger partial charge is 0.203 e. The molecule has 0 radical (unpaired) electrons. The summed E-state index contributed by atoms with van der Waals surface area (Å²) >= 11 is 0. The van der Waals surface area contributed by atoms with E-state index in [9.17, 15) is 17.6 Å². The molecule has 0 saturated heterocycles. The van der Waals surface area contributed by atoms with Crippen LogP contribution in [-0.4, -0.2) is 30.9 Å². The summed E-state index contributed by atoms with van der Waals surface area (Å²) in [5.41, 5.74) is 0. The van der Waals surface area contributed by atoms with E-state index in [0.29, 0.717) is 6.54 Å². The van der Waals surface area contributed by atoms with E-state index in [4.69, 9.17) is 9.84 Å². The molecular weight excluding hydrogens is 266 g/mol. The highest BCUT2D eigenvalue weighted by Gasteiger charge is 2.20. The van der Waals surface area contributed by atoms with Crippen molar-refractivity contribution in [3.05, 3.63) is 29.3 Å². The van der Waals surface area contributed by atoms with Crippen LogP contribution in [0.2, 0.25) is 0 Å². The first-order valence-corrected chi connectivity index (χ1v) is 5.81. The van der Waals surface area contributed by atoms with E-state index in [-0.39, 0.29) is 31.7 Å². The molecule has 0 spiro atoms. The van der Waals surface area contributed by atoms with Crippen LogP contribution >= 0.6 is 0 Å². The molecule has 0 bridgehead atoms. The van der Waals surface area contributed by atoms with Gasteiger partial charge in [-0.05, 0) is 13.0 Å². The van der Waals surface area contributed by atoms with Gasteiger partial charge < -0.3 is 15.2 Å². The van der Waals surface area contributed by atoms with Crippen LogP contribution in [0.25, 0.3) is 0 Å². The third-order valence-corrected chi connectivity index (χ3v) is 2.50. The number of nitrogens with one attached hydrogen (secondary N) is 1. The first-order valence-electron chi connectivity index (χ1n) is 5.81. The Bertz CT molecular complexity index is 402. The molecule has 1 unspecified atom stereocenters. The minimum absolute atomic E-state index is 0.118. The molecule has 0 amide bonds. The second-order valence-electron chi connectivity index (χ2n) is 3.87. The third-order valence-electron chi connectivity index (χ3n) is 2.50. The van der Waals surface area contributed by atoms with Crippen molar-refractivity contribution in [1.29, 1.82) is 0 Å². The maximum Gasteiger partial charge on any atom is 0.203 e. The maximum atomic E-state index is 13.2. The molecule has 0 heterocycles. The minimum Gasteiger partial charge on any atom is -0.487 e. The lowest BCUT2D eigenvalue weighted by atomic mass is 10.2. The Kier molecular flexibility index (Phi) is 6.04. The fraction of sp³-hybridized carbons (Fsp3) is 0.500. The zero-order valence-corrected chi connectivity index (χ0v) is 10.4. The molecule has 3 nitrogen and oxygen atoms in total. The summed E-state index contributed by atoms with van der Waals surface area (Å²) in [5, 5.41) is 11.9. The number of halogens is 4. The van der Waals surface area contributed by atoms with Gasteiger partial charge in [0.05, 0.1) is 13.2 Å². The lowest BCUT2D eigenvalue weighted by Crippen LogP contribution is -2.33. The van der Waals surface area contributed by atoms with E-state index < -0.39 is 29.0 Å². The largest absolute Gasteiger partial charge is 0.487 e. The van der Waals surface area contributed by atoms with Crippen molar-refractivity contribution in [2.45, 2.75) is 19.4 Å². The standard InChI is InChI=1S/C12H15F4NO2/c1-2-17-7(6-18)3-4-19-12-10(15)8(13)5-9(14)11(12)16/h5,7,17-18H,2-4,6H2,1H3. The highest BCUT2D eigenvalue weighted by atomic mass is 19.2. The number of rotatable bonds is 7. The van der Waals surface area contributed by atoms with Crippen LogP contribution in [0, 0.1) is 23.3 Å². The van der Waals surface area contributed by atoms with Crippen LogP contribution in [0.3, 0.4) is 0 Å². The molecule has 1 rings (SSSR count). The monoisotopic (exact) mass is 281 g/mol. The van der Waals surface area contributed by atoms with Crippen molar-refractivity contribution in [3.8, 4) is 5.75 Å². The SMILES string of the molecule is CCNC(CO)CCOc1c(F)c(F)cc(F)c1F. The Morgan fingerprint density at radius 1 is 1.21 bits per heavy atom. The molecule has 1 atom stereocenters. The van der Waals surface area contributed by atoms with E-state index in [1.807, 2.05) is 6.92 Å². The molecule has 1 aromatic rings. The van der Waals surface area contributed by atoms with Gasteiger partial charge in [0, 0.05) is 12.1 Å². The predicted molar refractivity (Wildman–Crippen MR) is 60.9 cm³/mol. The van der Waals surface area contributed by atoms with Crippen LogP contribution < -0.4 is 10.1 Å². The highest BCUT2D eigenvalue weighted by molar-refractivity contribution is 5.28. The van der Waals surface area contributed by atoms with Crippen LogP contribution in [-0.2, 0) is 0 Å². The molecule has 0 fully saturated rings. The van der Waals surface area contributed by atoms with Crippen LogP contribution in [0.1, 0.15) is 13.3 Å². The van der Waals surface area contributed by atoms with E-state index in [1.165, 1.54) is 0 Å². The quantitative estimate of drug-likeness (QED) is 0.593. The summed E-state index contributed by atoms with van der Waals surface area (Å²) in [5.74, 6) is -7.24.